The Balaban J connectivity index is 3.95. The molecule has 6 heteroatoms. The average Bonchev–Trinajstić information content (AvgIpc) is 2.03. The second kappa shape index (κ2) is 5.70. The van der Waals surface area contributed by atoms with Gasteiger partial charge in [0.15, 0.2) is 0 Å². The summed E-state index contributed by atoms with van der Waals surface area (Å²) in [6, 6.07) is -1.30. The fourth-order valence-electron chi connectivity index (χ4n) is 0.572. The van der Waals surface area contributed by atoms with E-state index < -0.39 is 18.0 Å². The standard InChI is InChI=1S/C6H12N2O3S/c1-7-6(11)8-4(3-12-2)5(9)10/h4H,3H2,1-2H3,(H,9,10)(H2,7,8,11). The van der Waals surface area contributed by atoms with Crippen molar-refractivity contribution >= 4 is 23.8 Å². The second-order valence-corrected chi connectivity index (χ2v) is 2.98. The van der Waals surface area contributed by atoms with E-state index in [0.717, 1.165) is 0 Å². The molecule has 0 heterocycles. The lowest BCUT2D eigenvalue weighted by molar-refractivity contribution is -0.138. The van der Waals surface area contributed by atoms with E-state index in [1.54, 1.807) is 6.26 Å². The van der Waals surface area contributed by atoms with Gasteiger partial charge in [0.1, 0.15) is 6.04 Å². The van der Waals surface area contributed by atoms with Crippen LogP contribution in [0.2, 0.25) is 0 Å². The first-order chi connectivity index (χ1) is 5.61. The van der Waals surface area contributed by atoms with Crippen molar-refractivity contribution in [2.24, 2.45) is 0 Å². The number of nitrogens with one attached hydrogen (secondary N) is 2. The summed E-state index contributed by atoms with van der Waals surface area (Å²) in [6.45, 7) is 0. The summed E-state index contributed by atoms with van der Waals surface area (Å²) in [5, 5.41) is 13.2. The SMILES string of the molecule is CNC(=O)NC(CSC)C(=O)O. The van der Waals surface area contributed by atoms with Crippen molar-refractivity contribution < 1.29 is 14.7 Å². The van der Waals surface area contributed by atoms with E-state index in [1.165, 1.54) is 18.8 Å². The van der Waals surface area contributed by atoms with Gasteiger partial charge in [0.2, 0.25) is 0 Å². The number of carboxylic acid groups (broad SMARTS) is 1. The molecule has 0 aliphatic heterocycles. The molecule has 0 aliphatic carbocycles. The molecule has 0 bridgehead atoms. The van der Waals surface area contributed by atoms with E-state index >= 15 is 0 Å². The molecule has 0 rings (SSSR count). The number of hydrogen-bond acceptors (Lipinski definition) is 3. The van der Waals surface area contributed by atoms with Gasteiger partial charge in [-0.2, -0.15) is 11.8 Å². The molecule has 0 saturated heterocycles. The maximum Gasteiger partial charge on any atom is 0.327 e. The number of rotatable bonds is 4. The number of carboxylic acids is 1. The van der Waals surface area contributed by atoms with Crippen molar-refractivity contribution in [3.8, 4) is 0 Å². The van der Waals surface area contributed by atoms with Crippen LogP contribution < -0.4 is 10.6 Å². The minimum Gasteiger partial charge on any atom is -0.480 e. The first-order valence-electron chi connectivity index (χ1n) is 3.31. The Bertz CT molecular complexity index is 172. The summed E-state index contributed by atoms with van der Waals surface area (Å²) >= 11 is 1.37. The fourth-order valence-corrected chi connectivity index (χ4v) is 1.13. The third-order valence-corrected chi connectivity index (χ3v) is 1.83. The summed E-state index contributed by atoms with van der Waals surface area (Å²) in [6.07, 6.45) is 1.78. The monoisotopic (exact) mass is 192 g/mol. The Labute approximate surface area is 74.9 Å². The molecular formula is C6H12N2O3S. The molecule has 2 amide bonds. The van der Waals surface area contributed by atoms with Crippen LogP contribution >= 0.6 is 11.8 Å². The van der Waals surface area contributed by atoms with Crippen LogP contribution in [0.15, 0.2) is 0 Å². The third kappa shape index (κ3) is 4.07. The molecule has 0 aromatic heterocycles. The summed E-state index contributed by atoms with van der Waals surface area (Å²) in [7, 11) is 1.44. The van der Waals surface area contributed by atoms with Gasteiger partial charge in [0.25, 0.3) is 0 Å². The number of carbonyl (C=O) groups is 2. The number of hydrogen-bond donors (Lipinski definition) is 3. The molecule has 3 N–H and O–H groups in total. The predicted molar refractivity (Wildman–Crippen MR) is 47.4 cm³/mol. The molecule has 0 spiro atoms. The highest BCUT2D eigenvalue weighted by Gasteiger charge is 2.17. The van der Waals surface area contributed by atoms with Crippen LogP contribution in [0, 0.1) is 0 Å². The fraction of sp³-hybridized carbons (Fsp3) is 0.667. The van der Waals surface area contributed by atoms with Crippen LogP contribution in [0.5, 0.6) is 0 Å². The van der Waals surface area contributed by atoms with Crippen LogP contribution in [-0.2, 0) is 4.79 Å². The molecule has 70 valence electrons. The minimum absolute atomic E-state index is 0.364. The Hall–Kier alpha value is -0.910. The number of carbonyl (C=O) groups excluding carboxylic acids is 1. The quantitative estimate of drug-likeness (QED) is 0.573. The zero-order chi connectivity index (χ0) is 9.56. The van der Waals surface area contributed by atoms with Crippen LogP contribution in [0.3, 0.4) is 0 Å². The van der Waals surface area contributed by atoms with Gasteiger partial charge in [-0.05, 0) is 6.26 Å². The van der Waals surface area contributed by atoms with Gasteiger partial charge in [0, 0.05) is 12.8 Å². The van der Waals surface area contributed by atoms with Gasteiger partial charge in [0.05, 0.1) is 0 Å². The van der Waals surface area contributed by atoms with E-state index in [2.05, 4.69) is 10.6 Å². The predicted octanol–water partition coefficient (Wildman–Crippen LogP) is -0.268. The molecular weight excluding hydrogens is 180 g/mol. The van der Waals surface area contributed by atoms with E-state index in [-0.39, 0.29) is 0 Å². The second-order valence-electron chi connectivity index (χ2n) is 2.07. The highest BCUT2D eigenvalue weighted by Crippen LogP contribution is 1.96. The van der Waals surface area contributed by atoms with E-state index in [1.807, 2.05) is 0 Å². The Morgan fingerprint density at radius 1 is 1.58 bits per heavy atom. The average molecular weight is 192 g/mol. The Morgan fingerprint density at radius 2 is 2.17 bits per heavy atom. The van der Waals surface area contributed by atoms with Gasteiger partial charge in [-0.1, -0.05) is 0 Å². The lowest BCUT2D eigenvalue weighted by Crippen LogP contribution is -2.46. The Kier molecular flexibility index (Phi) is 5.27. The lowest BCUT2D eigenvalue weighted by Gasteiger charge is -2.11. The van der Waals surface area contributed by atoms with Gasteiger partial charge >= 0.3 is 12.0 Å². The maximum absolute atomic E-state index is 10.7. The minimum atomic E-state index is -1.02. The summed E-state index contributed by atoms with van der Waals surface area (Å²) in [5.74, 6) is -0.657. The highest BCUT2D eigenvalue weighted by atomic mass is 32.2. The van der Waals surface area contributed by atoms with Gasteiger partial charge in [-0.25, -0.2) is 9.59 Å². The maximum atomic E-state index is 10.7. The van der Waals surface area contributed by atoms with Gasteiger partial charge < -0.3 is 15.7 Å². The van der Waals surface area contributed by atoms with E-state index in [0.29, 0.717) is 5.75 Å². The number of urea groups is 1. The van der Waals surface area contributed by atoms with Crippen molar-refractivity contribution in [2.45, 2.75) is 6.04 Å². The van der Waals surface area contributed by atoms with Crippen LogP contribution in [0.1, 0.15) is 0 Å². The number of aliphatic carboxylic acids is 1. The first kappa shape index (κ1) is 11.1. The molecule has 0 fully saturated rings. The summed E-state index contributed by atoms with van der Waals surface area (Å²) in [4.78, 5) is 21.2. The zero-order valence-electron chi connectivity index (χ0n) is 6.96. The van der Waals surface area contributed by atoms with E-state index in [4.69, 9.17) is 5.11 Å². The van der Waals surface area contributed by atoms with Crippen molar-refractivity contribution in [3.05, 3.63) is 0 Å². The molecule has 5 nitrogen and oxygen atoms in total. The number of thioether (sulfide) groups is 1. The van der Waals surface area contributed by atoms with Gasteiger partial charge in [-0.15, -0.1) is 0 Å². The van der Waals surface area contributed by atoms with Gasteiger partial charge in [-0.3, -0.25) is 0 Å². The Morgan fingerprint density at radius 3 is 2.50 bits per heavy atom. The number of amides is 2. The third-order valence-electron chi connectivity index (χ3n) is 1.16. The highest BCUT2D eigenvalue weighted by molar-refractivity contribution is 7.98. The summed E-state index contributed by atoms with van der Waals surface area (Å²) < 4.78 is 0. The smallest absolute Gasteiger partial charge is 0.327 e. The van der Waals surface area contributed by atoms with Crippen LogP contribution in [0.4, 0.5) is 4.79 Å². The normalized spacial score (nSPS) is 11.8. The molecule has 12 heavy (non-hydrogen) atoms. The summed E-state index contributed by atoms with van der Waals surface area (Å²) in [5.41, 5.74) is 0. The molecule has 0 radical (unpaired) electrons. The first-order valence-corrected chi connectivity index (χ1v) is 4.71. The van der Waals surface area contributed by atoms with Crippen molar-refractivity contribution in [1.29, 1.82) is 0 Å². The lowest BCUT2D eigenvalue weighted by atomic mass is 10.3. The molecule has 0 saturated carbocycles. The molecule has 0 aromatic carbocycles. The molecule has 1 unspecified atom stereocenters. The van der Waals surface area contributed by atoms with E-state index in [9.17, 15) is 9.59 Å². The van der Waals surface area contributed by atoms with Crippen LogP contribution in [0.25, 0.3) is 0 Å². The van der Waals surface area contributed by atoms with Crippen molar-refractivity contribution in [3.63, 3.8) is 0 Å². The van der Waals surface area contributed by atoms with Crippen molar-refractivity contribution in [2.75, 3.05) is 19.1 Å². The van der Waals surface area contributed by atoms with Crippen LogP contribution in [-0.4, -0.2) is 42.2 Å². The molecule has 0 aromatic rings. The molecule has 1 atom stereocenters. The zero-order valence-corrected chi connectivity index (χ0v) is 7.77. The topological polar surface area (TPSA) is 78.4 Å². The van der Waals surface area contributed by atoms with Crippen molar-refractivity contribution in [1.82, 2.24) is 10.6 Å². The molecule has 0 aliphatic rings. The largest absolute Gasteiger partial charge is 0.480 e.